The predicted molar refractivity (Wildman–Crippen MR) is 72.2 cm³/mol. The first-order chi connectivity index (χ1) is 9.12. The highest BCUT2D eigenvalue weighted by atomic mass is 35.5. The number of rotatable bonds is 3. The van der Waals surface area contributed by atoms with Crippen LogP contribution in [-0.2, 0) is 4.79 Å². The Hall–Kier alpha value is -1.77. The number of fused-ring (bicyclic) bond motifs is 1. The number of nitrogens with one attached hydrogen (secondary N) is 2. The van der Waals surface area contributed by atoms with Gasteiger partial charge in [0.2, 0.25) is 5.95 Å². The standard InChI is InChI=1S/C6H6N6O.C3H4Cl2O/c7-12-6-10-4-3(5(13)11-6)8-1-2-9-4;4-1-3(6)2-5/h1-2H,7H2,(H2,9,10,11,12,13);1-2H2. The molecule has 0 amide bonds. The summed E-state index contributed by atoms with van der Waals surface area (Å²) in [5.41, 5.74) is 2.32. The van der Waals surface area contributed by atoms with Crippen molar-refractivity contribution in [3.8, 4) is 0 Å². The van der Waals surface area contributed by atoms with Gasteiger partial charge in [-0.1, -0.05) is 0 Å². The molecule has 4 N–H and O–H groups in total. The van der Waals surface area contributed by atoms with Gasteiger partial charge in [-0.25, -0.2) is 15.8 Å². The lowest BCUT2D eigenvalue weighted by atomic mass is 10.5. The van der Waals surface area contributed by atoms with E-state index in [1.807, 2.05) is 0 Å². The quantitative estimate of drug-likeness (QED) is 0.415. The molecule has 2 heterocycles. The van der Waals surface area contributed by atoms with Crippen LogP contribution in [-0.4, -0.2) is 37.5 Å². The molecule has 2 aromatic rings. The van der Waals surface area contributed by atoms with Crippen molar-refractivity contribution in [3.63, 3.8) is 0 Å². The molecular weight excluding hydrogens is 295 g/mol. The Morgan fingerprint density at radius 2 is 1.95 bits per heavy atom. The molecule has 0 aliphatic heterocycles. The lowest BCUT2D eigenvalue weighted by molar-refractivity contribution is -0.114. The number of carbonyl (C=O) groups is 1. The molecule has 2 aromatic heterocycles. The first-order valence-electron chi connectivity index (χ1n) is 4.93. The number of nitrogens with zero attached hydrogens (tertiary/aromatic N) is 3. The third kappa shape index (κ3) is 4.43. The number of ketones is 1. The molecule has 0 aliphatic rings. The van der Waals surface area contributed by atoms with Gasteiger partial charge < -0.3 is 0 Å². The molecule has 19 heavy (non-hydrogen) atoms. The lowest BCUT2D eigenvalue weighted by Crippen LogP contribution is -2.17. The van der Waals surface area contributed by atoms with Crippen LogP contribution in [0.15, 0.2) is 17.2 Å². The fourth-order valence-electron chi connectivity index (χ4n) is 0.977. The topological polar surface area (TPSA) is 127 Å². The highest BCUT2D eigenvalue weighted by Gasteiger charge is 2.03. The molecule has 0 bridgehead atoms. The van der Waals surface area contributed by atoms with E-state index in [4.69, 9.17) is 29.0 Å². The number of hydrogen-bond donors (Lipinski definition) is 3. The second-order valence-electron chi connectivity index (χ2n) is 3.09. The zero-order chi connectivity index (χ0) is 14.3. The van der Waals surface area contributed by atoms with Crippen molar-refractivity contribution in [3.05, 3.63) is 22.7 Å². The number of Topliss-reactive ketones (excluding diaryl/α,β-unsaturated/α-hetero) is 1. The van der Waals surface area contributed by atoms with Gasteiger partial charge in [0.15, 0.2) is 16.9 Å². The number of hydrogen-bond acceptors (Lipinski definition) is 7. The van der Waals surface area contributed by atoms with E-state index < -0.39 is 0 Å². The Morgan fingerprint density at radius 1 is 1.32 bits per heavy atom. The summed E-state index contributed by atoms with van der Waals surface area (Å²) < 4.78 is 0. The second kappa shape index (κ2) is 7.62. The van der Waals surface area contributed by atoms with Crippen LogP contribution in [0.1, 0.15) is 0 Å². The minimum Gasteiger partial charge on any atom is -0.297 e. The molecule has 0 unspecified atom stereocenters. The van der Waals surface area contributed by atoms with Gasteiger partial charge >= 0.3 is 0 Å². The fraction of sp³-hybridized carbons (Fsp3) is 0.222. The van der Waals surface area contributed by atoms with E-state index >= 15 is 0 Å². The molecule has 8 nitrogen and oxygen atoms in total. The van der Waals surface area contributed by atoms with Gasteiger partial charge in [0.1, 0.15) is 0 Å². The molecule has 2 rings (SSSR count). The highest BCUT2D eigenvalue weighted by Crippen LogP contribution is 1.99. The third-order valence-electron chi connectivity index (χ3n) is 1.78. The fourth-order valence-corrected chi connectivity index (χ4v) is 1.26. The third-order valence-corrected chi connectivity index (χ3v) is 2.37. The minimum absolute atomic E-state index is 0.0312. The Balaban J connectivity index is 0.000000258. The van der Waals surface area contributed by atoms with Crippen LogP contribution in [0.2, 0.25) is 0 Å². The number of carbonyl (C=O) groups excluding carboxylic acids is 1. The maximum atomic E-state index is 11.3. The molecule has 102 valence electrons. The molecule has 0 radical (unpaired) electrons. The Labute approximate surface area is 117 Å². The SMILES string of the molecule is NNc1nc2nccnc2c(=O)[nH]1.O=C(CCl)CCl. The van der Waals surface area contributed by atoms with Crippen LogP contribution in [0.25, 0.3) is 11.2 Å². The van der Waals surface area contributed by atoms with Crippen LogP contribution in [0.4, 0.5) is 5.95 Å². The monoisotopic (exact) mass is 304 g/mol. The first-order valence-corrected chi connectivity index (χ1v) is 6.00. The van der Waals surface area contributed by atoms with E-state index in [0.717, 1.165) is 0 Å². The van der Waals surface area contributed by atoms with E-state index in [9.17, 15) is 9.59 Å². The van der Waals surface area contributed by atoms with E-state index in [1.54, 1.807) is 0 Å². The van der Waals surface area contributed by atoms with Gasteiger partial charge in [-0.15, -0.1) is 23.2 Å². The molecule has 0 spiro atoms. The molecule has 10 heteroatoms. The minimum atomic E-state index is -0.369. The summed E-state index contributed by atoms with van der Waals surface area (Å²) in [5.74, 6) is 5.18. The largest absolute Gasteiger partial charge is 0.297 e. The zero-order valence-corrected chi connectivity index (χ0v) is 11.1. The number of H-pyrrole nitrogens is 1. The van der Waals surface area contributed by atoms with E-state index in [-0.39, 0.29) is 40.2 Å². The van der Waals surface area contributed by atoms with Crippen molar-refractivity contribution in [2.75, 3.05) is 17.2 Å². The van der Waals surface area contributed by atoms with Crippen molar-refractivity contribution in [2.24, 2.45) is 5.84 Å². The Morgan fingerprint density at radius 3 is 2.47 bits per heavy atom. The maximum absolute atomic E-state index is 11.3. The van der Waals surface area contributed by atoms with E-state index in [0.29, 0.717) is 0 Å². The molecule has 0 saturated carbocycles. The predicted octanol–water partition coefficient (Wildman–Crippen LogP) is 0.0318. The average Bonchev–Trinajstić information content (AvgIpc) is 2.47. The van der Waals surface area contributed by atoms with Crippen molar-refractivity contribution in [1.82, 2.24) is 19.9 Å². The number of aromatic nitrogens is 4. The van der Waals surface area contributed by atoms with Crippen LogP contribution in [0.5, 0.6) is 0 Å². The van der Waals surface area contributed by atoms with Gasteiger partial charge in [0.05, 0.1) is 11.8 Å². The number of halogens is 2. The van der Waals surface area contributed by atoms with E-state index in [1.165, 1.54) is 12.4 Å². The van der Waals surface area contributed by atoms with Crippen molar-refractivity contribution in [2.45, 2.75) is 0 Å². The lowest BCUT2D eigenvalue weighted by Gasteiger charge is -1.98. The van der Waals surface area contributed by atoms with Crippen LogP contribution < -0.4 is 16.8 Å². The van der Waals surface area contributed by atoms with E-state index in [2.05, 4.69) is 25.4 Å². The summed E-state index contributed by atoms with van der Waals surface area (Å²) in [5, 5.41) is 0. The van der Waals surface area contributed by atoms with Crippen LogP contribution in [0.3, 0.4) is 0 Å². The highest BCUT2D eigenvalue weighted by molar-refractivity contribution is 6.35. The van der Waals surface area contributed by atoms with Crippen molar-refractivity contribution < 1.29 is 4.79 Å². The summed E-state index contributed by atoms with van der Waals surface area (Å²) in [6.07, 6.45) is 2.88. The summed E-state index contributed by atoms with van der Waals surface area (Å²) >= 11 is 10.0. The molecule has 0 fully saturated rings. The number of anilines is 1. The molecule has 0 aromatic carbocycles. The van der Waals surface area contributed by atoms with Gasteiger partial charge in [0, 0.05) is 12.4 Å². The van der Waals surface area contributed by atoms with Crippen molar-refractivity contribution >= 4 is 46.1 Å². The second-order valence-corrected chi connectivity index (χ2v) is 3.63. The molecule has 0 saturated heterocycles. The van der Waals surface area contributed by atoms with Crippen molar-refractivity contribution in [1.29, 1.82) is 0 Å². The maximum Gasteiger partial charge on any atom is 0.280 e. The Bertz CT molecular complexity index is 611. The number of hydrazine groups is 1. The normalized spacial score (nSPS) is 9.63. The summed E-state index contributed by atoms with van der Waals surface area (Å²) in [6.45, 7) is 0. The van der Waals surface area contributed by atoms with Gasteiger partial charge in [-0.3, -0.25) is 20.0 Å². The Kier molecular flexibility index (Phi) is 6.13. The molecule has 0 atom stereocenters. The summed E-state index contributed by atoms with van der Waals surface area (Å²) in [4.78, 5) is 35.1. The summed E-state index contributed by atoms with van der Waals surface area (Å²) in [7, 11) is 0. The van der Waals surface area contributed by atoms with Gasteiger partial charge in [-0.2, -0.15) is 4.98 Å². The first kappa shape index (κ1) is 15.3. The zero-order valence-electron chi connectivity index (χ0n) is 9.56. The number of alkyl halides is 2. The van der Waals surface area contributed by atoms with Crippen LogP contribution >= 0.6 is 23.2 Å². The number of aromatic amines is 1. The molecular formula is C9H10Cl2N6O2. The molecule has 0 aliphatic carbocycles. The van der Waals surface area contributed by atoms with Gasteiger partial charge in [-0.05, 0) is 0 Å². The number of nitrogen functional groups attached to an aromatic ring is 1. The number of nitrogens with two attached hydrogens (primary N) is 1. The smallest absolute Gasteiger partial charge is 0.280 e. The van der Waals surface area contributed by atoms with Gasteiger partial charge in [0.25, 0.3) is 5.56 Å². The average molecular weight is 305 g/mol. The summed E-state index contributed by atoms with van der Waals surface area (Å²) in [6, 6.07) is 0. The van der Waals surface area contributed by atoms with Crippen LogP contribution in [0, 0.1) is 0 Å².